The average molecular weight is 418 g/mol. The normalized spacial score (nSPS) is 24.6. The molecule has 0 radical (unpaired) electrons. The van der Waals surface area contributed by atoms with E-state index in [9.17, 15) is 13.2 Å². The van der Waals surface area contributed by atoms with Crippen molar-refractivity contribution < 1.29 is 17.9 Å². The van der Waals surface area contributed by atoms with Crippen molar-refractivity contribution in [3.8, 4) is 5.75 Å². The van der Waals surface area contributed by atoms with Crippen LogP contribution in [0.3, 0.4) is 0 Å². The quantitative estimate of drug-likeness (QED) is 0.703. The molecule has 158 valence electrons. The Morgan fingerprint density at radius 2 is 2.03 bits per heavy atom. The van der Waals surface area contributed by atoms with E-state index in [4.69, 9.17) is 4.74 Å². The Kier molecular flexibility index (Phi) is 4.53. The highest BCUT2D eigenvalue weighted by Gasteiger charge is 2.39. The van der Waals surface area contributed by atoms with E-state index >= 15 is 0 Å². The molecule has 0 unspecified atom stereocenters. The van der Waals surface area contributed by atoms with Crippen LogP contribution in [0.2, 0.25) is 0 Å². The fraction of sp³-hybridized carbons (Fsp3) is 0.450. The van der Waals surface area contributed by atoms with Crippen LogP contribution in [0, 0.1) is 5.92 Å². The molecule has 0 amide bonds. The zero-order valence-corrected chi connectivity index (χ0v) is 16.3. The lowest BCUT2D eigenvalue weighted by molar-refractivity contribution is -0.144. The lowest BCUT2D eigenvalue weighted by Gasteiger charge is -2.39. The molecule has 0 bridgehead atoms. The molecule has 1 saturated heterocycles. The van der Waals surface area contributed by atoms with Crippen LogP contribution in [0.5, 0.6) is 5.75 Å². The second-order valence-electron chi connectivity index (χ2n) is 7.90. The summed E-state index contributed by atoms with van der Waals surface area (Å²) in [7, 11) is 0. The molecule has 3 aromatic rings. The van der Waals surface area contributed by atoms with Gasteiger partial charge in [0, 0.05) is 18.3 Å². The number of halogens is 3. The van der Waals surface area contributed by atoms with Gasteiger partial charge >= 0.3 is 6.18 Å². The Hall–Kier alpha value is -2.88. The summed E-state index contributed by atoms with van der Waals surface area (Å²) in [6.45, 7) is 4.64. The van der Waals surface area contributed by atoms with Gasteiger partial charge in [-0.05, 0) is 31.0 Å². The van der Waals surface area contributed by atoms with Gasteiger partial charge in [0.2, 0.25) is 0 Å². The molecule has 3 atom stereocenters. The summed E-state index contributed by atoms with van der Waals surface area (Å²) in [5, 5.41) is 7.07. The molecular weight excluding hydrogens is 397 g/mol. The molecule has 2 aromatic heterocycles. The predicted molar refractivity (Wildman–Crippen MR) is 103 cm³/mol. The van der Waals surface area contributed by atoms with Gasteiger partial charge in [0.15, 0.2) is 0 Å². The number of hydrogen-bond donors (Lipinski definition) is 1. The minimum atomic E-state index is -4.63. The fourth-order valence-corrected chi connectivity index (χ4v) is 4.29. The van der Waals surface area contributed by atoms with Crippen molar-refractivity contribution in [2.24, 2.45) is 5.92 Å². The van der Waals surface area contributed by atoms with Crippen LogP contribution in [-0.2, 0) is 6.18 Å². The van der Waals surface area contributed by atoms with Crippen molar-refractivity contribution >= 4 is 11.6 Å². The summed E-state index contributed by atoms with van der Waals surface area (Å²) in [4.78, 5) is 9.85. The number of rotatable bonds is 3. The van der Waals surface area contributed by atoms with E-state index in [-0.39, 0.29) is 17.9 Å². The lowest BCUT2D eigenvalue weighted by Crippen LogP contribution is -2.47. The van der Waals surface area contributed by atoms with Crippen molar-refractivity contribution in [3.63, 3.8) is 0 Å². The number of para-hydroxylation sites is 1. The first-order chi connectivity index (χ1) is 14.4. The summed E-state index contributed by atoms with van der Waals surface area (Å²) in [5.74, 6) is 0.473. The number of ether oxygens (including phenoxy) is 1. The number of fused-ring (bicyclic) bond motifs is 2. The number of anilines is 1. The molecule has 2 aliphatic heterocycles. The van der Waals surface area contributed by atoms with Gasteiger partial charge in [0.05, 0.1) is 12.1 Å². The first-order valence-electron chi connectivity index (χ1n) is 9.91. The number of hydrogen-bond acceptors (Lipinski definition) is 6. The van der Waals surface area contributed by atoms with Gasteiger partial charge in [-0.3, -0.25) is 4.90 Å². The molecule has 0 saturated carbocycles. The van der Waals surface area contributed by atoms with Gasteiger partial charge in [-0.25, -0.2) is 4.98 Å². The van der Waals surface area contributed by atoms with Gasteiger partial charge in [0.25, 0.3) is 11.6 Å². The topological polar surface area (TPSA) is 67.6 Å². The summed E-state index contributed by atoms with van der Waals surface area (Å²) < 4.78 is 46.4. The largest absolute Gasteiger partial charge is 0.491 e. The second-order valence-corrected chi connectivity index (χ2v) is 7.90. The van der Waals surface area contributed by atoms with E-state index in [1.807, 2.05) is 24.3 Å². The molecular formula is C20H21F3N6O. The monoisotopic (exact) mass is 418 g/mol. The van der Waals surface area contributed by atoms with Gasteiger partial charge in [-0.2, -0.15) is 22.7 Å². The van der Waals surface area contributed by atoms with E-state index < -0.39 is 12.0 Å². The first-order valence-corrected chi connectivity index (χ1v) is 9.91. The maximum Gasteiger partial charge on any atom is 0.453 e. The lowest BCUT2D eigenvalue weighted by atomic mass is 9.95. The van der Waals surface area contributed by atoms with Crippen LogP contribution in [-0.4, -0.2) is 50.2 Å². The van der Waals surface area contributed by atoms with Gasteiger partial charge < -0.3 is 10.1 Å². The molecule has 4 heterocycles. The van der Waals surface area contributed by atoms with Crippen LogP contribution in [0.1, 0.15) is 30.8 Å². The third kappa shape index (κ3) is 3.34. The van der Waals surface area contributed by atoms with E-state index in [0.717, 1.165) is 35.3 Å². The predicted octanol–water partition coefficient (Wildman–Crippen LogP) is 3.40. The SMILES string of the molecule is C[C@H]1CCN([C@H]2COc3ccccc3[C@@H]2Nc2ccnc3nc(C(F)(F)F)nn23)C1. The number of aromatic nitrogens is 4. The van der Waals surface area contributed by atoms with Crippen LogP contribution < -0.4 is 10.1 Å². The van der Waals surface area contributed by atoms with Crippen molar-refractivity contribution in [2.75, 3.05) is 25.0 Å². The molecule has 0 aliphatic carbocycles. The zero-order chi connectivity index (χ0) is 20.9. The van der Waals surface area contributed by atoms with E-state index in [1.54, 1.807) is 6.07 Å². The maximum atomic E-state index is 13.1. The van der Waals surface area contributed by atoms with Crippen molar-refractivity contribution in [1.29, 1.82) is 0 Å². The third-order valence-corrected chi connectivity index (χ3v) is 5.77. The van der Waals surface area contributed by atoms with Crippen molar-refractivity contribution in [2.45, 2.75) is 31.6 Å². The minimum Gasteiger partial charge on any atom is -0.491 e. The number of alkyl halides is 3. The molecule has 5 rings (SSSR count). The number of nitrogens with one attached hydrogen (secondary N) is 1. The number of benzene rings is 1. The smallest absolute Gasteiger partial charge is 0.453 e. The highest BCUT2D eigenvalue weighted by molar-refractivity contribution is 5.49. The van der Waals surface area contributed by atoms with Crippen molar-refractivity contribution in [3.05, 3.63) is 47.9 Å². The van der Waals surface area contributed by atoms with Crippen LogP contribution in [0.25, 0.3) is 5.78 Å². The fourth-order valence-electron chi connectivity index (χ4n) is 4.29. The Morgan fingerprint density at radius 3 is 2.80 bits per heavy atom. The zero-order valence-electron chi connectivity index (χ0n) is 16.3. The Morgan fingerprint density at radius 1 is 1.20 bits per heavy atom. The van der Waals surface area contributed by atoms with Crippen LogP contribution >= 0.6 is 0 Å². The number of likely N-dealkylation sites (tertiary alicyclic amines) is 1. The van der Waals surface area contributed by atoms with E-state index in [0.29, 0.717) is 18.3 Å². The second kappa shape index (κ2) is 7.12. The molecule has 1 N–H and O–H groups in total. The molecule has 10 heteroatoms. The highest BCUT2D eigenvalue weighted by atomic mass is 19.4. The summed E-state index contributed by atoms with van der Waals surface area (Å²) >= 11 is 0. The standard InChI is InChI=1S/C20H21F3N6O/c1-12-7-9-28(10-12)14-11-30-15-5-3-2-4-13(15)17(14)25-16-6-8-24-19-26-18(20(21,22)23)27-29(16)19/h2-6,8,12,14,17,25H,7,9-11H2,1H3/t12-,14-,17-/m0/s1. The molecule has 7 nitrogen and oxygen atoms in total. The molecule has 2 aliphatic rings. The van der Waals surface area contributed by atoms with Gasteiger partial charge in [-0.15, -0.1) is 5.10 Å². The van der Waals surface area contributed by atoms with Crippen LogP contribution in [0.15, 0.2) is 36.5 Å². The molecule has 30 heavy (non-hydrogen) atoms. The Labute approximate surface area is 170 Å². The summed E-state index contributed by atoms with van der Waals surface area (Å²) in [5.41, 5.74) is 0.967. The Balaban J connectivity index is 1.54. The molecule has 0 spiro atoms. The first kappa shape index (κ1) is 19.1. The third-order valence-electron chi connectivity index (χ3n) is 5.77. The average Bonchev–Trinajstić information content (AvgIpc) is 3.35. The summed E-state index contributed by atoms with van der Waals surface area (Å²) in [6.07, 6.45) is -2.09. The molecule has 1 fully saturated rings. The van der Waals surface area contributed by atoms with Crippen LogP contribution in [0.4, 0.5) is 19.0 Å². The molecule has 1 aromatic carbocycles. The van der Waals surface area contributed by atoms with Crippen molar-refractivity contribution in [1.82, 2.24) is 24.5 Å². The minimum absolute atomic E-state index is 0.0404. The highest BCUT2D eigenvalue weighted by Crippen LogP contribution is 2.38. The van der Waals surface area contributed by atoms with E-state index in [2.05, 4.69) is 32.2 Å². The Bertz CT molecular complexity index is 1070. The van der Waals surface area contributed by atoms with E-state index in [1.165, 1.54) is 6.20 Å². The maximum absolute atomic E-state index is 13.1. The van der Waals surface area contributed by atoms with Gasteiger partial charge in [0.1, 0.15) is 18.2 Å². The summed E-state index contributed by atoms with van der Waals surface area (Å²) in [6, 6.07) is 9.22. The van der Waals surface area contributed by atoms with Gasteiger partial charge in [-0.1, -0.05) is 25.1 Å². The number of nitrogens with zero attached hydrogens (tertiary/aromatic N) is 5.